The number of thioether (sulfide) groups is 1. The first-order chi connectivity index (χ1) is 8.69. The van der Waals surface area contributed by atoms with Crippen molar-refractivity contribution in [3.8, 4) is 0 Å². The SMILES string of the molecule is Cc1nnc(SCc2ccnc(C(N)=NO)c2)s1. The van der Waals surface area contributed by atoms with E-state index in [4.69, 9.17) is 10.9 Å². The van der Waals surface area contributed by atoms with E-state index in [0.717, 1.165) is 20.7 Å². The van der Waals surface area contributed by atoms with Gasteiger partial charge in [-0.3, -0.25) is 4.98 Å². The number of nitrogens with two attached hydrogens (primary N) is 1. The van der Waals surface area contributed by atoms with Gasteiger partial charge in [-0.05, 0) is 24.6 Å². The van der Waals surface area contributed by atoms with Crippen LogP contribution >= 0.6 is 23.1 Å². The van der Waals surface area contributed by atoms with E-state index in [1.165, 1.54) is 0 Å². The molecule has 2 aromatic heterocycles. The fourth-order valence-electron chi connectivity index (χ4n) is 1.24. The van der Waals surface area contributed by atoms with Gasteiger partial charge in [0.25, 0.3) is 0 Å². The molecule has 0 fully saturated rings. The molecule has 2 aromatic rings. The number of hydrogen-bond donors (Lipinski definition) is 2. The van der Waals surface area contributed by atoms with Crippen molar-refractivity contribution in [2.75, 3.05) is 0 Å². The Morgan fingerprint density at radius 2 is 2.39 bits per heavy atom. The molecule has 0 unspecified atom stereocenters. The molecule has 94 valence electrons. The lowest BCUT2D eigenvalue weighted by molar-refractivity contribution is 0.318. The molecule has 0 bridgehead atoms. The van der Waals surface area contributed by atoms with Crippen LogP contribution in [0.4, 0.5) is 0 Å². The molecule has 2 heterocycles. The van der Waals surface area contributed by atoms with E-state index in [-0.39, 0.29) is 5.84 Å². The van der Waals surface area contributed by atoms with Crippen LogP contribution in [0.3, 0.4) is 0 Å². The fourth-order valence-corrected chi connectivity index (χ4v) is 3.00. The summed E-state index contributed by atoms with van der Waals surface area (Å²) in [5.74, 6) is 0.747. The zero-order valence-corrected chi connectivity index (χ0v) is 11.2. The highest BCUT2D eigenvalue weighted by atomic mass is 32.2. The highest BCUT2D eigenvalue weighted by Gasteiger charge is 2.05. The number of hydrogen-bond acceptors (Lipinski definition) is 7. The van der Waals surface area contributed by atoms with Crippen LogP contribution in [0.2, 0.25) is 0 Å². The zero-order chi connectivity index (χ0) is 13.0. The molecule has 0 aliphatic rings. The van der Waals surface area contributed by atoms with Gasteiger partial charge in [0.15, 0.2) is 10.2 Å². The van der Waals surface area contributed by atoms with Gasteiger partial charge in [-0.15, -0.1) is 10.2 Å². The van der Waals surface area contributed by atoms with Gasteiger partial charge in [-0.1, -0.05) is 28.3 Å². The molecule has 0 aliphatic carbocycles. The van der Waals surface area contributed by atoms with Crippen molar-refractivity contribution in [2.24, 2.45) is 10.9 Å². The first kappa shape index (κ1) is 12.8. The van der Waals surface area contributed by atoms with Crippen LogP contribution in [-0.2, 0) is 5.75 Å². The van der Waals surface area contributed by atoms with E-state index in [1.54, 1.807) is 35.4 Å². The number of oxime groups is 1. The maximum atomic E-state index is 8.59. The van der Waals surface area contributed by atoms with Crippen molar-refractivity contribution in [3.05, 3.63) is 34.6 Å². The Bertz CT molecular complexity index is 569. The third-order valence-corrected chi connectivity index (χ3v) is 4.11. The topological polar surface area (TPSA) is 97.3 Å². The molecule has 18 heavy (non-hydrogen) atoms. The highest BCUT2D eigenvalue weighted by Crippen LogP contribution is 2.25. The number of amidine groups is 1. The van der Waals surface area contributed by atoms with Gasteiger partial charge in [0.2, 0.25) is 0 Å². The summed E-state index contributed by atoms with van der Waals surface area (Å²) >= 11 is 3.15. The normalized spacial score (nSPS) is 11.7. The molecular weight excluding hydrogens is 270 g/mol. The Morgan fingerprint density at radius 1 is 1.56 bits per heavy atom. The summed E-state index contributed by atoms with van der Waals surface area (Å²) in [5.41, 5.74) is 6.98. The molecule has 0 atom stereocenters. The van der Waals surface area contributed by atoms with Gasteiger partial charge in [0.1, 0.15) is 10.7 Å². The Morgan fingerprint density at radius 3 is 3.06 bits per heavy atom. The van der Waals surface area contributed by atoms with E-state index < -0.39 is 0 Å². The summed E-state index contributed by atoms with van der Waals surface area (Å²) in [4.78, 5) is 4.02. The van der Waals surface area contributed by atoms with Gasteiger partial charge in [0, 0.05) is 11.9 Å². The summed E-state index contributed by atoms with van der Waals surface area (Å²) in [6.45, 7) is 1.92. The lowest BCUT2D eigenvalue weighted by atomic mass is 10.2. The van der Waals surface area contributed by atoms with Crippen LogP contribution in [-0.4, -0.2) is 26.2 Å². The van der Waals surface area contributed by atoms with E-state index in [0.29, 0.717) is 5.69 Å². The molecule has 2 rings (SSSR count). The van der Waals surface area contributed by atoms with E-state index in [1.807, 2.05) is 13.0 Å². The van der Waals surface area contributed by atoms with Crippen LogP contribution in [0.15, 0.2) is 27.8 Å². The van der Waals surface area contributed by atoms with Gasteiger partial charge in [0.05, 0.1) is 0 Å². The van der Waals surface area contributed by atoms with Crippen LogP contribution in [0.1, 0.15) is 16.3 Å². The standard InChI is InChI=1S/C10H11N5OS2/c1-6-13-14-10(18-6)17-5-7-2-3-12-8(4-7)9(11)15-16/h2-4,16H,5H2,1H3,(H2,11,15). The monoisotopic (exact) mass is 281 g/mol. The maximum Gasteiger partial charge on any atom is 0.188 e. The molecular formula is C10H11N5OS2. The third kappa shape index (κ3) is 3.17. The van der Waals surface area contributed by atoms with Crippen LogP contribution < -0.4 is 5.73 Å². The minimum absolute atomic E-state index is 0.00797. The van der Waals surface area contributed by atoms with Crippen LogP contribution in [0.25, 0.3) is 0 Å². The predicted octanol–water partition coefficient (Wildman–Crippen LogP) is 1.63. The van der Waals surface area contributed by atoms with Crippen molar-refractivity contribution in [3.63, 3.8) is 0 Å². The largest absolute Gasteiger partial charge is 0.409 e. The minimum atomic E-state index is 0.00797. The Kier molecular flexibility index (Phi) is 4.11. The number of aromatic nitrogens is 3. The lowest BCUT2D eigenvalue weighted by Gasteiger charge is -2.01. The first-order valence-corrected chi connectivity index (χ1v) is 6.85. The molecule has 6 nitrogen and oxygen atoms in total. The lowest BCUT2D eigenvalue weighted by Crippen LogP contribution is -2.15. The van der Waals surface area contributed by atoms with E-state index in [2.05, 4.69) is 20.3 Å². The molecule has 0 spiro atoms. The molecule has 3 N–H and O–H groups in total. The Hall–Kier alpha value is -1.67. The molecule has 0 radical (unpaired) electrons. The van der Waals surface area contributed by atoms with Crippen molar-refractivity contribution in [2.45, 2.75) is 17.0 Å². The van der Waals surface area contributed by atoms with Crippen molar-refractivity contribution in [1.29, 1.82) is 0 Å². The summed E-state index contributed by atoms with van der Waals surface area (Å²) in [6, 6.07) is 3.67. The minimum Gasteiger partial charge on any atom is -0.409 e. The quantitative estimate of drug-likeness (QED) is 0.291. The number of pyridine rings is 1. The maximum absolute atomic E-state index is 8.59. The van der Waals surface area contributed by atoms with Gasteiger partial charge in [-0.2, -0.15) is 0 Å². The van der Waals surface area contributed by atoms with Crippen molar-refractivity contribution >= 4 is 28.9 Å². The van der Waals surface area contributed by atoms with Crippen LogP contribution in [0.5, 0.6) is 0 Å². The van der Waals surface area contributed by atoms with Gasteiger partial charge >= 0.3 is 0 Å². The molecule has 0 amide bonds. The summed E-state index contributed by atoms with van der Waals surface area (Å²) in [6.07, 6.45) is 1.63. The average molecular weight is 281 g/mol. The second-order valence-electron chi connectivity index (χ2n) is 3.41. The summed E-state index contributed by atoms with van der Waals surface area (Å²) in [7, 11) is 0. The summed E-state index contributed by atoms with van der Waals surface area (Å²) < 4.78 is 0.926. The van der Waals surface area contributed by atoms with Crippen molar-refractivity contribution < 1.29 is 5.21 Å². The third-order valence-electron chi connectivity index (χ3n) is 2.06. The molecule has 0 saturated carbocycles. The number of aryl methyl sites for hydroxylation is 1. The van der Waals surface area contributed by atoms with E-state index >= 15 is 0 Å². The van der Waals surface area contributed by atoms with E-state index in [9.17, 15) is 0 Å². The van der Waals surface area contributed by atoms with Gasteiger partial charge in [-0.25, -0.2) is 0 Å². The molecule has 8 heteroatoms. The van der Waals surface area contributed by atoms with Gasteiger partial charge < -0.3 is 10.9 Å². The highest BCUT2D eigenvalue weighted by molar-refractivity contribution is 8.00. The fraction of sp³-hybridized carbons (Fsp3) is 0.200. The second-order valence-corrected chi connectivity index (χ2v) is 5.81. The first-order valence-electron chi connectivity index (χ1n) is 5.05. The number of nitrogens with zero attached hydrogens (tertiary/aromatic N) is 4. The number of rotatable bonds is 4. The molecule has 0 aromatic carbocycles. The second kappa shape index (κ2) is 5.78. The summed E-state index contributed by atoms with van der Waals surface area (Å²) in [5, 5.41) is 20.4. The Labute approximate surface area is 112 Å². The predicted molar refractivity (Wildman–Crippen MR) is 71.0 cm³/mol. The van der Waals surface area contributed by atoms with Crippen LogP contribution in [0, 0.1) is 6.92 Å². The van der Waals surface area contributed by atoms with Crippen molar-refractivity contribution in [1.82, 2.24) is 15.2 Å². The zero-order valence-electron chi connectivity index (χ0n) is 9.57. The molecule has 0 aliphatic heterocycles. The molecule has 0 saturated heterocycles. The Balaban J connectivity index is 2.05. The average Bonchev–Trinajstić information content (AvgIpc) is 2.81. The smallest absolute Gasteiger partial charge is 0.188 e.